The van der Waals surface area contributed by atoms with Gasteiger partial charge >= 0.3 is 0 Å². The summed E-state index contributed by atoms with van der Waals surface area (Å²) in [5.41, 5.74) is 0.174. The lowest BCUT2D eigenvalue weighted by atomic mass is 10.0. The number of hydrogen-bond acceptors (Lipinski definition) is 6. The molecule has 0 aliphatic heterocycles. The SMILES string of the molecule is COCc1cn(CCC(C)(C)OCCC(C)(C)OCC(C)=O)nn1. The van der Waals surface area contributed by atoms with Gasteiger partial charge in [0.15, 0.2) is 5.78 Å². The number of nitrogens with zero attached hydrogens (tertiary/aromatic N) is 3. The van der Waals surface area contributed by atoms with Gasteiger partial charge in [0.25, 0.3) is 0 Å². The summed E-state index contributed by atoms with van der Waals surface area (Å²) in [6.45, 7) is 11.5. The highest BCUT2D eigenvalue weighted by molar-refractivity contribution is 5.76. The fraction of sp³-hybridized carbons (Fsp3) is 0.824. The van der Waals surface area contributed by atoms with Crippen LogP contribution in [0.25, 0.3) is 0 Å². The number of ketones is 1. The zero-order valence-electron chi connectivity index (χ0n) is 15.8. The third-order valence-electron chi connectivity index (χ3n) is 3.68. The second-order valence-electron chi connectivity index (χ2n) is 7.26. The topological polar surface area (TPSA) is 75.5 Å². The van der Waals surface area contributed by atoms with Crippen molar-refractivity contribution in [1.82, 2.24) is 15.0 Å². The Morgan fingerprint density at radius 3 is 2.46 bits per heavy atom. The number of aryl methyl sites for hydroxylation is 1. The Hall–Kier alpha value is -1.31. The van der Waals surface area contributed by atoms with Crippen LogP contribution in [0, 0.1) is 0 Å². The maximum atomic E-state index is 11.0. The van der Waals surface area contributed by atoms with Crippen LogP contribution in [0.4, 0.5) is 0 Å². The fourth-order valence-corrected chi connectivity index (χ4v) is 2.06. The molecule has 0 saturated heterocycles. The summed E-state index contributed by atoms with van der Waals surface area (Å²) in [5.74, 6) is 0.0324. The molecule has 0 saturated carbocycles. The van der Waals surface area contributed by atoms with E-state index in [2.05, 4.69) is 24.2 Å². The molecule has 0 bridgehead atoms. The van der Waals surface area contributed by atoms with E-state index in [-0.39, 0.29) is 23.6 Å². The molecule has 0 spiro atoms. The highest BCUT2D eigenvalue weighted by atomic mass is 16.5. The average molecular weight is 341 g/mol. The molecule has 7 heteroatoms. The van der Waals surface area contributed by atoms with Crippen LogP contribution >= 0.6 is 0 Å². The maximum absolute atomic E-state index is 11.0. The normalized spacial score (nSPS) is 12.6. The highest BCUT2D eigenvalue weighted by Gasteiger charge is 2.23. The number of rotatable bonds is 12. The molecule has 1 aromatic heterocycles. The van der Waals surface area contributed by atoms with Crippen LogP contribution in [0.15, 0.2) is 6.20 Å². The van der Waals surface area contributed by atoms with Gasteiger partial charge in [-0.25, -0.2) is 0 Å². The van der Waals surface area contributed by atoms with Gasteiger partial charge in [-0.15, -0.1) is 5.10 Å². The minimum absolute atomic E-state index is 0.0324. The molecule has 1 heterocycles. The van der Waals surface area contributed by atoms with Gasteiger partial charge in [0.2, 0.25) is 0 Å². The fourth-order valence-electron chi connectivity index (χ4n) is 2.06. The highest BCUT2D eigenvalue weighted by Crippen LogP contribution is 2.20. The standard InChI is InChI=1S/C17H31N3O4/c1-14(21)12-24-17(4,5)8-10-23-16(2,3)7-9-20-11-15(13-22-6)18-19-20/h11H,7-10,12-13H2,1-6H3. The lowest BCUT2D eigenvalue weighted by molar-refractivity contribution is -0.129. The molecule has 0 unspecified atom stereocenters. The minimum atomic E-state index is -0.372. The minimum Gasteiger partial charge on any atom is -0.378 e. The van der Waals surface area contributed by atoms with Crippen molar-refractivity contribution in [2.75, 3.05) is 20.3 Å². The number of carbonyl (C=O) groups is 1. The Morgan fingerprint density at radius 2 is 1.83 bits per heavy atom. The molecule has 0 aromatic carbocycles. The van der Waals surface area contributed by atoms with Crippen molar-refractivity contribution in [3.8, 4) is 0 Å². The number of Topliss-reactive ketones (excluding diaryl/α,β-unsaturated/α-hetero) is 1. The molecule has 7 nitrogen and oxygen atoms in total. The van der Waals surface area contributed by atoms with Gasteiger partial charge in [-0.3, -0.25) is 9.48 Å². The Balaban J connectivity index is 2.33. The molecule has 1 rings (SSSR count). The van der Waals surface area contributed by atoms with Gasteiger partial charge in [0, 0.05) is 13.7 Å². The molecule has 0 atom stereocenters. The summed E-state index contributed by atoms with van der Waals surface area (Å²) in [5, 5.41) is 8.12. The van der Waals surface area contributed by atoms with Crippen LogP contribution in [-0.4, -0.2) is 52.3 Å². The first-order valence-electron chi connectivity index (χ1n) is 8.29. The van der Waals surface area contributed by atoms with Gasteiger partial charge in [0.1, 0.15) is 12.3 Å². The Morgan fingerprint density at radius 1 is 1.17 bits per heavy atom. The second-order valence-corrected chi connectivity index (χ2v) is 7.26. The van der Waals surface area contributed by atoms with E-state index in [1.807, 2.05) is 20.0 Å². The quantitative estimate of drug-likeness (QED) is 0.581. The Kier molecular flexibility index (Phi) is 7.99. The van der Waals surface area contributed by atoms with Gasteiger partial charge < -0.3 is 14.2 Å². The van der Waals surface area contributed by atoms with Crippen molar-refractivity contribution in [2.45, 2.75) is 71.8 Å². The van der Waals surface area contributed by atoms with E-state index in [9.17, 15) is 4.79 Å². The first-order chi connectivity index (χ1) is 11.1. The van der Waals surface area contributed by atoms with Crippen LogP contribution in [0.2, 0.25) is 0 Å². The predicted octanol–water partition coefficient (Wildman–Crippen LogP) is 2.38. The molecule has 0 fully saturated rings. The van der Waals surface area contributed by atoms with Crippen molar-refractivity contribution >= 4 is 5.78 Å². The third-order valence-corrected chi connectivity index (χ3v) is 3.68. The summed E-state index contributed by atoms with van der Waals surface area (Å²) >= 11 is 0. The molecule has 0 radical (unpaired) electrons. The third kappa shape index (κ3) is 8.52. The van der Waals surface area contributed by atoms with Crippen molar-refractivity contribution < 1.29 is 19.0 Å². The van der Waals surface area contributed by atoms with Crippen LogP contribution in [0.3, 0.4) is 0 Å². The number of hydrogen-bond donors (Lipinski definition) is 0. The van der Waals surface area contributed by atoms with Crippen LogP contribution in [0.5, 0.6) is 0 Å². The molecule has 0 aliphatic carbocycles. The van der Waals surface area contributed by atoms with E-state index in [0.29, 0.717) is 13.2 Å². The van der Waals surface area contributed by atoms with E-state index in [1.54, 1.807) is 11.8 Å². The van der Waals surface area contributed by atoms with Gasteiger partial charge in [-0.1, -0.05) is 5.21 Å². The summed E-state index contributed by atoms with van der Waals surface area (Å²) in [7, 11) is 1.64. The van der Waals surface area contributed by atoms with E-state index in [0.717, 1.165) is 25.1 Å². The first-order valence-corrected chi connectivity index (χ1v) is 8.29. The second kappa shape index (κ2) is 9.25. The number of carbonyl (C=O) groups excluding carboxylic acids is 1. The number of aromatic nitrogens is 3. The summed E-state index contributed by atoms with van der Waals surface area (Å²) in [6, 6.07) is 0. The smallest absolute Gasteiger partial charge is 0.155 e. The van der Waals surface area contributed by atoms with E-state index < -0.39 is 0 Å². The summed E-state index contributed by atoms with van der Waals surface area (Å²) in [4.78, 5) is 11.0. The monoisotopic (exact) mass is 341 g/mol. The molecule has 0 amide bonds. The number of ether oxygens (including phenoxy) is 3. The number of methoxy groups -OCH3 is 1. The van der Waals surface area contributed by atoms with E-state index >= 15 is 0 Å². The predicted molar refractivity (Wildman–Crippen MR) is 90.7 cm³/mol. The molecule has 0 aliphatic rings. The van der Waals surface area contributed by atoms with Crippen LogP contribution in [-0.2, 0) is 32.2 Å². The van der Waals surface area contributed by atoms with E-state index in [4.69, 9.17) is 14.2 Å². The van der Waals surface area contributed by atoms with Crippen molar-refractivity contribution in [3.63, 3.8) is 0 Å². The van der Waals surface area contributed by atoms with Crippen LogP contribution < -0.4 is 0 Å². The largest absolute Gasteiger partial charge is 0.378 e. The van der Waals surface area contributed by atoms with Crippen molar-refractivity contribution in [1.29, 1.82) is 0 Å². The summed E-state index contributed by atoms with van der Waals surface area (Å²) in [6.07, 6.45) is 3.43. The van der Waals surface area contributed by atoms with Crippen LogP contribution in [0.1, 0.15) is 53.2 Å². The molecule has 138 valence electrons. The Labute approximate surface area is 144 Å². The van der Waals surface area contributed by atoms with Gasteiger partial charge in [-0.05, 0) is 47.5 Å². The average Bonchev–Trinajstić information content (AvgIpc) is 2.91. The molecule has 1 aromatic rings. The van der Waals surface area contributed by atoms with Gasteiger partial charge in [0.05, 0.1) is 30.6 Å². The summed E-state index contributed by atoms with van der Waals surface area (Å²) < 4.78 is 18.4. The zero-order valence-corrected chi connectivity index (χ0v) is 15.8. The van der Waals surface area contributed by atoms with E-state index in [1.165, 1.54) is 6.92 Å². The van der Waals surface area contributed by atoms with Crippen molar-refractivity contribution in [2.24, 2.45) is 0 Å². The Bertz CT molecular complexity index is 512. The lowest BCUT2D eigenvalue weighted by Gasteiger charge is -2.29. The lowest BCUT2D eigenvalue weighted by Crippen LogP contribution is -2.32. The maximum Gasteiger partial charge on any atom is 0.155 e. The van der Waals surface area contributed by atoms with Crippen molar-refractivity contribution in [3.05, 3.63) is 11.9 Å². The molecule has 24 heavy (non-hydrogen) atoms. The zero-order chi connectivity index (χ0) is 18.2. The molecular formula is C17H31N3O4. The molecular weight excluding hydrogens is 310 g/mol. The molecule has 0 N–H and O–H groups in total. The van der Waals surface area contributed by atoms with Gasteiger partial charge in [-0.2, -0.15) is 0 Å². The first kappa shape index (κ1) is 20.7.